The summed E-state index contributed by atoms with van der Waals surface area (Å²) in [6, 6.07) is 8.48. The highest BCUT2D eigenvalue weighted by atomic mass is 32.2. The number of rotatable bonds is 9. The van der Waals surface area contributed by atoms with Crippen molar-refractivity contribution in [3.8, 4) is 5.75 Å². The molecule has 0 fully saturated rings. The number of benzene rings is 2. The van der Waals surface area contributed by atoms with E-state index in [4.69, 9.17) is 0 Å². The molecule has 11 nitrogen and oxygen atoms in total. The van der Waals surface area contributed by atoms with Gasteiger partial charge in [0.2, 0.25) is 15.9 Å². The number of nitrogens with one attached hydrogen (secondary N) is 2. The Morgan fingerprint density at radius 1 is 1.10 bits per heavy atom. The van der Waals surface area contributed by atoms with Crippen LogP contribution in [0.25, 0.3) is 0 Å². The molecule has 2 rings (SSSR count). The highest BCUT2D eigenvalue weighted by Gasteiger charge is 2.35. The largest absolute Gasteiger partial charge is 0.508 e. The fourth-order valence-electron chi connectivity index (χ4n) is 2.59. The quantitative estimate of drug-likeness (QED) is 0.324. The normalized spacial score (nSPS) is 12.7. The summed E-state index contributed by atoms with van der Waals surface area (Å²) in [4.78, 5) is 34.0. The number of sulfonamides is 1. The van der Waals surface area contributed by atoms with Gasteiger partial charge in [-0.05, 0) is 43.7 Å². The van der Waals surface area contributed by atoms with Crippen LogP contribution in [0, 0.1) is 10.1 Å². The van der Waals surface area contributed by atoms with Gasteiger partial charge in [0.15, 0.2) is 0 Å². The van der Waals surface area contributed by atoms with E-state index in [1.165, 1.54) is 38.1 Å². The van der Waals surface area contributed by atoms with Crippen LogP contribution in [-0.2, 0) is 26.0 Å². The Morgan fingerprint density at radius 2 is 1.65 bits per heavy atom. The molecular formula is C19H21N3O8S. The van der Waals surface area contributed by atoms with Gasteiger partial charge in [-0.3, -0.25) is 14.9 Å². The van der Waals surface area contributed by atoms with Gasteiger partial charge >= 0.3 is 5.97 Å². The lowest BCUT2D eigenvalue weighted by atomic mass is 10.0. The number of hydrogen-bond donors (Lipinski definition) is 4. The Balaban J connectivity index is 2.14. The van der Waals surface area contributed by atoms with Crippen LogP contribution in [0.15, 0.2) is 53.4 Å². The third kappa shape index (κ3) is 6.23. The summed E-state index contributed by atoms with van der Waals surface area (Å²) in [6.45, 7) is 2.51. The average Bonchev–Trinajstić information content (AvgIpc) is 2.68. The molecule has 0 aliphatic heterocycles. The molecule has 1 amide bonds. The number of nitrogens with zero attached hydrogens (tertiary/aromatic N) is 1. The van der Waals surface area contributed by atoms with Gasteiger partial charge in [0.25, 0.3) is 5.69 Å². The van der Waals surface area contributed by atoms with Crippen LogP contribution in [0.2, 0.25) is 0 Å². The van der Waals surface area contributed by atoms with Gasteiger partial charge in [-0.15, -0.1) is 0 Å². The summed E-state index contributed by atoms with van der Waals surface area (Å²) in [6.07, 6.45) is -0.0907. The molecule has 31 heavy (non-hydrogen) atoms. The van der Waals surface area contributed by atoms with E-state index in [0.29, 0.717) is 5.56 Å². The Kier molecular flexibility index (Phi) is 6.98. The van der Waals surface area contributed by atoms with Crippen LogP contribution in [0.1, 0.15) is 19.4 Å². The lowest BCUT2D eigenvalue weighted by Gasteiger charge is -2.27. The molecular weight excluding hydrogens is 430 g/mol. The molecule has 12 heteroatoms. The van der Waals surface area contributed by atoms with Gasteiger partial charge < -0.3 is 15.5 Å². The molecule has 0 heterocycles. The van der Waals surface area contributed by atoms with Crippen molar-refractivity contribution >= 4 is 27.6 Å². The zero-order valence-electron chi connectivity index (χ0n) is 16.6. The van der Waals surface area contributed by atoms with E-state index < -0.39 is 38.4 Å². The first-order valence-corrected chi connectivity index (χ1v) is 10.4. The van der Waals surface area contributed by atoms with Crippen LogP contribution in [0.4, 0.5) is 5.69 Å². The highest BCUT2D eigenvalue weighted by molar-refractivity contribution is 7.89. The number of aromatic hydroxyl groups is 1. The Bertz CT molecular complexity index is 1080. The van der Waals surface area contributed by atoms with E-state index in [-0.39, 0.29) is 22.8 Å². The van der Waals surface area contributed by atoms with Gasteiger partial charge in [0.05, 0.1) is 9.82 Å². The molecule has 0 aliphatic carbocycles. The van der Waals surface area contributed by atoms with E-state index in [2.05, 4.69) is 10.0 Å². The minimum absolute atomic E-state index is 0.00134. The molecule has 0 unspecified atom stereocenters. The van der Waals surface area contributed by atoms with Crippen LogP contribution in [0.5, 0.6) is 5.75 Å². The third-order valence-electron chi connectivity index (χ3n) is 4.29. The van der Waals surface area contributed by atoms with Crippen molar-refractivity contribution in [1.82, 2.24) is 10.0 Å². The number of carbonyl (C=O) groups excluding carboxylic acids is 1. The maximum absolute atomic E-state index is 12.6. The van der Waals surface area contributed by atoms with Crippen molar-refractivity contribution in [2.45, 2.75) is 36.7 Å². The van der Waals surface area contributed by atoms with Gasteiger partial charge in [-0.25, -0.2) is 13.2 Å². The number of carboxylic acids is 1. The van der Waals surface area contributed by atoms with Gasteiger partial charge in [0, 0.05) is 18.6 Å². The van der Waals surface area contributed by atoms with Gasteiger partial charge in [-0.1, -0.05) is 12.1 Å². The number of amides is 1. The van der Waals surface area contributed by atoms with E-state index in [1.54, 1.807) is 0 Å². The molecule has 2 aromatic rings. The highest BCUT2D eigenvalue weighted by Crippen LogP contribution is 2.18. The number of non-ortho nitro benzene ring substituents is 1. The predicted molar refractivity (Wildman–Crippen MR) is 109 cm³/mol. The first-order chi connectivity index (χ1) is 14.3. The Morgan fingerprint density at radius 3 is 2.13 bits per heavy atom. The van der Waals surface area contributed by atoms with Crippen molar-refractivity contribution in [3.05, 3.63) is 64.2 Å². The average molecular weight is 451 g/mol. The molecule has 4 N–H and O–H groups in total. The van der Waals surface area contributed by atoms with E-state index in [9.17, 15) is 38.3 Å². The Labute approximate surface area is 177 Å². The number of phenols is 1. The van der Waals surface area contributed by atoms with E-state index >= 15 is 0 Å². The summed E-state index contributed by atoms with van der Waals surface area (Å²) in [5, 5.41) is 31.8. The summed E-state index contributed by atoms with van der Waals surface area (Å²) < 4.78 is 27.3. The zero-order valence-corrected chi connectivity index (χ0v) is 17.4. The number of carbonyl (C=O) groups is 2. The van der Waals surface area contributed by atoms with Crippen molar-refractivity contribution in [1.29, 1.82) is 0 Å². The number of aliphatic carboxylic acids is 1. The third-order valence-corrected chi connectivity index (χ3v) is 5.97. The van der Waals surface area contributed by atoms with Gasteiger partial charge in [0.1, 0.15) is 17.3 Å². The first-order valence-electron chi connectivity index (χ1n) is 8.92. The minimum atomic E-state index is -4.23. The van der Waals surface area contributed by atoms with Crippen LogP contribution in [0.3, 0.4) is 0 Å². The summed E-state index contributed by atoms with van der Waals surface area (Å²) in [5.41, 5.74) is -1.49. The second kappa shape index (κ2) is 9.10. The molecule has 2 aromatic carbocycles. The molecule has 0 saturated heterocycles. The molecule has 0 spiro atoms. The van der Waals surface area contributed by atoms with Crippen molar-refractivity contribution in [2.75, 3.05) is 0 Å². The number of hydrogen-bond acceptors (Lipinski definition) is 7. The SMILES string of the molecule is CC(C)(NS(=O)(=O)c1ccc([N+](=O)[O-])cc1)C(=O)N[C@@H](Cc1ccc(O)cc1)C(=O)O. The summed E-state index contributed by atoms with van der Waals surface area (Å²) in [7, 11) is -4.23. The molecule has 166 valence electrons. The predicted octanol–water partition coefficient (Wildman–Crippen LogP) is 1.17. The van der Waals surface area contributed by atoms with Gasteiger partial charge in [-0.2, -0.15) is 4.72 Å². The lowest BCUT2D eigenvalue weighted by molar-refractivity contribution is -0.384. The van der Waals surface area contributed by atoms with Crippen LogP contribution >= 0.6 is 0 Å². The zero-order chi connectivity index (χ0) is 23.4. The maximum Gasteiger partial charge on any atom is 0.326 e. The van der Waals surface area contributed by atoms with Crippen molar-refractivity contribution < 1.29 is 33.1 Å². The minimum Gasteiger partial charge on any atom is -0.508 e. The molecule has 0 saturated carbocycles. The second-order valence-electron chi connectivity index (χ2n) is 7.22. The Hall–Kier alpha value is -3.51. The number of nitro benzene ring substituents is 1. The molecule has 0 bridgehead atoms. The second-order valence-corrected chi connectivity index (χ2v) is 8.90. The fraction of sp³-hybridized carbons (Fsp3) is 0.263. The summed E-state index contributed by atoms with van der Waals surface area (Å²) in [5.74, 6) is -2.21. The van der Waals surface area contributed by atoms with Crippen molar-refractivity contribution in [2.24, 2.45) is 0 Å². The topological polar surface area (TPSA) is 176 Å². The number of phenolic OH excluding ortho intramolecular Hbond substituents is 1. The van der Waals surface area contributed by atoms with Crippen LogP contribution < -0.4 is 10.0 Å². The number of nitro groups is 1. The maximum atomic E-state index is 12.6. The monoisotopic (exact) mass is 451 g/mol. The lowest BCUT2D eigenvalue weighted by Crippen LogP contribution is -2.58. The molecule has 0 radical (unpaired) electrons. The molecule has 0 aromatic heterocycles. The fourth-order valence-corrected chi connectivity index (χ4v) is 3.97. The standard InChI is InChI=1S/C19H21N3O8S/c1-19(2,21-31(29,30)15-9-5-13(6-10-15)22(27)28)18(26)20-16(17(24)25)11-12-3-7-14(23)8-4-12/h3-10,16,21,23H,11H2,1-2H3,(H,20,26)(H,24,25)/t16-/m0/s1. The van der Waals surface area contributed by atoms with E-state index in [0.717, 1.165) is 24.3 Å². The van der Waals surface area contributed by atoms with E-state index in [1.807, 2.05) is 0 Å². The smallest absolute Gasteiger partial charge is 0.326 e. The number of carboxylic acid groups (broad SMARTS) is 1. The first kappa shape index (κ1) is 23.8. The molecule has 1 atom stereocenters. The molecule has 0 aliphatic rings. The summed E-state index contributed by atoms with van der Waals surface area (Å²) >= 11 is 0. The van der Waals surface area contributed by atoms with Crippen molar-refractivity contribution in [3.63, 3.8) is 0 Å². The van der Waals surface area contributed by atoms with Crippen LogP contribution in [-0.4, -0.2) is 47.0 Å².